The van der Waals surface area contributed by atoms with Crippen molar-refractivity contribution in [1.29, 1.82) is 0 Å². The molecule has 0 spiro atoms. The van der Waals surface area contributed by atoms with E-state index in [-0.39, 0.29) is 31.0 Å². The number of carbonyl (C=O) groups is 2. The summed E-state index contributed by atoms with van der Waals surface area (Å²) in [7, 11) is 0. The molecule has 0 bridgehead atoms. The van der Waals surface area contributed by atoms with Crippen LogP contribution in [0.15, 0.2) is 0 Å². The minimum absolute atomic E-state index is 0.00498. The third-order valence-corrected chi connectivity index (χ3v) is 3.51. The van der Waals surface area contributed by atoms with E-state index < -0.39 is 5.97 Å². The molecule has 0 radical (unpaired) electrons. The molecule has 0 aromatic heterocycles. The van der Waals surface area contributed by atoms with Crippen molar-refractivity contribution >= 4 is 11.9 Å². The zero-order valence-corrected chi connectivity index (χ0v) is 11.5. The van der Waals surface area contributed by atoms with Crippen LogP contribution in [0.25, 0.3) is 0 Å². The summed E-state index contributed by atoms with van der Waals surface area (Å²) in [5, 5.41) is 12.0. The zero-order valence-electron chi connectivity index (χ0n) is 11.5. The Bertz CT molecular complexity index is 305. The largest absolute Gasteiger partial charge is 0.481 e. The molecule has 1 fully saturated rings. The predicted octanol–water partition coefficient (Wildman–Crippen LogP) is 1.09. The molecule has 0 aliphatic carbocycles. The molecule has 2 N–H and O–H groups in total. The van der Waals surface area contributed by atoms with Crippen LogP contribution in [0.5, 0.6) is 0 Å². The molecular formula is C13H24N2O3. The summed E-state index contributed by atoms with van der Waals surface area (Å²) in [6, 6.07) is -0.122. The first-order valence-corrected chi connectivity index (χ1v) is 6.69. The number of hydrogen-bond donors (Lipinski definition) is 2. The number of carbonyl (C=O) groups excluding carboxylic acids is 1. The van der Waals surface area contributed by atoms with Crippen molar-refractivity contribution in [2.75, 3.05) is 13.1 Å². The van der Waals surface area contributed by atoms with Crippen LogP contribution in [0, 0.1) is 5.92 Å². The molecule has 1 saturated heterocycles. The lowest BCUT2D eigenvalue weighted by Crippen LogP contribution is -2.54. The summed E-state index contributed by atoms with van der Waals surface area (Å²) in [4.78, 5) is 24.7. The molecule has 2 unspecified atom stereocenters. The van der Waals surface area contributed by atoms with E-state index in [9.17, 15) is 9.59 Å². The maximum absolute atomic E-state index is 12.4. The molecule has 0 aromatic rings. The van der Waals surface area contributed by atoms with Crippen molar-refractivity contribution < 1.29 is 14.7 Å². The molecule has 104 valence electrons. The van der Waals surface area contributed by atoms with Gasteiger partial charge in [0.25, 0.3) is 0 Å². The number of carboxylic acids is 1. The van der Waals surface area contributed by atoms with Gasteiger partial charge in [-0.2, -0.15) is 0 Å². The zero-order chi connectivity index (χ0) is 13.7. The minimum atomic E-state index is -0.863. The van der Waals surface area contributed by atoms with Crippen LogP contribution in [0.4, 0.5) is 0 Å². The van der Waals surface area contributed by atoms with Crippen molar-refractivity contribution in [3.63, 3.8) is 0 Å². The summed E-state index contributed by atoms with van der Waals surface area (Å²) in [5.41, 5.74) is 0. The van der Waals surface area contributed by atoms with E-state index in [1.807, 2.05) is 13.8 Å². The van der Waals surface area contributed by atoms with Crippen molar-refractivity contribution in [3.8, 4) is 0 Å². The number of nitrogens with zero attached hydrogens (tertiary/aromatic N) is 1. The first-order valence-electron chi connectivity index (χ1n) is 6.69. The molecular weight excluding hydrogens is 232 g/mol. The number of aliphatic carboxylic acids is 1. The van der Waals surface area contributed by atoms with Crippen LogP contribution in [-0.2, 0) is 9.59 Å². The summed E-state index contributed by atoms with van der Waals surface area (Å²) in [5.74, 6) is -0.506. The van der Waals surface area contributed by atoms with E-state index in [1.165, 1.54) is 0 Å². The second-order valence-electron chi connectivity index (χ2n) is 5.32. The molecule has 1 amide bonds. The summed E-state index contributed by atoms with van der Waals surface area (Å²) in [6.07, 6.45) is 2.15. The molecule has 2 atom stereocenters. The highest BCUT2D eigenvalue weighted by atomic mass is 16.4. The SMILES string of the molecule is CC1CCCNC1C(=O)N(CCC(=O)O)C(C)C. The van der Waals surface area contributed by atoms with Crippen molar-refractivity contribution in [2.45, 2.75) is 52.1 Å². The van der Waals surface area contributed by atoms with Crippen LogP contribution in [0.2, 0.25) is 0 Å². The quantitative estimate of drug-likeness (QED) is 0.772. The molecule has 1 heterocycles. The highest BCUT2D eigenvalue weighted by Crippen LogP contribution is 2.18. The summed E-state index contributed by atoms with van der Waals surface area (Å²) < 4.78 is 0. The van der Waals surface area contributed by atoms with Gasteiger partial charge in [-0.3, -0.25) is 9.59 Å². The van der Waals surface area contributed by atoms with Gasteiger partial charge >= 0.3 is 5.97 Å². The van der Waals surface area contributed by atoms with Gasteiger partial charge in [0, 0.05) is 12.6 Å². The molecule has 1 aliphatic heterocycles. The van der Waals surface area contributed by atoms with Crippen molar-refractivity contribution in [2.24, 2.45) is 5.92 Å². The maximum Gasteiger partial charge on any atom is 0.305 e. The van der Waals surface area contributed by atoms with Crippen LogP contribution in [0.3, 0.4) is 0 Å². The lowest BCUT2D eigenvalue weighted by molar-refractivity contribution is -0.140. The normalized spacial score (nSPS) is 24.0. The monoisotopic (exact) mass is 256 g/mol. The van der Waals surface area contributed by atoms with Gasteiger partial charge in [0.2, 0.25) is 5.91 Å². The molecule has 0 aromatic carbocycles. The second-order valence-corrected chi connectivity index (χ2v) is 5.32. The summed E-state index contributed by atoms with van der Waals surface area (Å²) >= 11 is 0. The minimum Gasteiger partial charge on any atom is -0.481 e. The highest BCUT2D eigenvalue weighted by Gasteiger charge is 2.31. The lowest BCUT2D eigenvalue weighted by atomic mass is 9.91. The van der Waals surface area contributed by atoms with Gasteiger partial charge in [0.15, 0.2) is 0 Å². The van der Waals surface area contributed by atoms with Crippen LogP contribution >= 0.6 is 0 Å². The number of nitrogens with one attached hydrogen (secondary N) is 1. The number of rotatable bonds is 5. The van der Waals surface area contributed by atoms with E-state index in [4.69, 9.17) is 5.11 Å². The molecule has 5 nitrogen and oxygen atoms in total. The maximum atomic E-state index is 12.4. The molecule has 1 rings (SSSR count). The van der Waals surface area contributed by atoms with Gasteiger partial charge in [-0.25, -0.2) is 0 Å². The molecule has 0 saturated carbocycles. The number of hydrogen-bond acceptors (Lipinski definition) is 3. The third kappa shape index (κ3) is 3.98. The van der Waals surface area contributed by atoms with Gasteiger partial charge < -0.3 is 15.3 Å². The Morgan fingerprint density at radius 3 is 2.61 bits per heavy atom. The second kappa shape index (κ2) is 6.73. The topological polar surface area (TPSA) is 69.6 Å². The molecule has 1 aliphatic rings. The van der Waals surface area contributed by atoms with Crippen molar-refractivity contribution in [1.82, 2.24) is 10.2 Å². The number of amides is 1. The average molecular weight is 256 g/mol. The molecule has 18 heavy (non-hydrogen) atoms. The Kier molecular flexibility index (Phi) is 5.59. The van der Waals surface area contributed by atoms with Crippen LogP contribution in [-0.4, -0.2) is 47.1 Å². The average Bonchev–Trinajstić information content (AvgIpc) is 2.28. The smallest absolute Gasteiger partial charge is 0.305 e. The first kappa shape index (κ1) is 15.0. The van der Waals surface area contributed by atoms with Gasteiger partial charge in [-0.15, -0.1) is 0 Å². The van der Waals surface area contributed by atoms with E-state index >= 15 is 0 Å². The Morgan fingerprint density at radius 1 is 1.44 bits per heavy atom. The Morgan fingerprint density at radius 2 is 2.11 bits per heavy atom. The standard InChI is InChI=1S/C13H24N2O3/c1-9(2)15(8-6-11(16)17)13(18)12-10(3)5-4-7-14-12/h9-10,12,14H,4-8H2,1-3H3,(H,16,17). The van der Waals surface area contributed by atoms with Crippen LogP contribution in [0.1, 0.15) is 40.0 Å². The Balaban J connectivity index is 2.65. The van der Waals surface area contributed by atoms with Crippen molar-refractivity contribution in [3.05, 3.63) is 0 Å². The van der Waals surface area contributed by atoms with Gasteiger partial charge in [-0.05, 0) is 39.2 Å². The molecule has 5 heteroatoms. The van der Waals surface area contributed by atoms with Crippen LogP contribution < -0.4 is 5.32 Å². The summed E-state index contributed by atoms with van der Waals surface area (Å²) in [6.45, 7) is 7.08. The number of piperidine rings is 1. The Labute approximate surface area is 109 Å². The number of carboxylic acid groups (broad SMARTS) is 1. The fourth-order valence-corrected chi connectivity index (χ4v) is 2.40. The van der Waals surface area contributed by atoms with E-state index in [1.54, 1.807) is 4.90 Å². The van der Waals surface area contributed by atoms with Gasteiger partial charge in [0.1, 0.15) is 0 Å². The fourth-order valence-electron chi connectivity index (χ4n) is 2.40. The fraction of sp³-hybridized carbons (Fsp3) is 0.846. The lowest BCUT2D eigenvalue weighted by Gasteiger charge is -2.35. The van der Waals surface area contributed by atoms with E-state index in [0.29, 0.717) is 5.92 Å². The van der Waals surface area contributed by atoms with Gasteiger partial charge in [0.05, 0.1) is 12.5 Å². The van der Waals surface area contributed by atoms with E-state index in [0.717, 1.165) is 19.4 Å². The first-order chi connectivity index (χ1) is 8.43. The third-order valence-electron chi connectivity index (χ3n) is 3.51. The highest BCUT2D eigenvalue weighted by molar-refractivity contribution is 5.83. The predicted molar refractivity (Wildman–Crippen MR) is 69.3 cm³/mol. The van der Waals surface area contributed by atoms with Gasteiger partial charge in [-0.1, -0.05) is 6.92 Å². The van der Waals surface area contributed by atoms with E-state index in [2.05, 4.69) is 12.2 Å². The Hall–Kier alpha value is -1.10.